The van der Waals surface area contributed by atoms with E-state index < -0.39 is 0 Å². The van der Waals surface area contributed by atoms with Crippen molar-refractivity contribution in [2.45, 2.75) is 25.3 Å². The second-order valence-electron chi connectivity index (χ2n) is 8.10. The predicted octanol–water partition coefficient (Wildman–Crippen LogP) is 5.88. The molecule has 1 aliphatic rings. The predicted molar refractivity (Wildman–Crippen MR) is 130 cm³/mol. The lowest BCUT2D eigenvalue weighted by Crippen LogP contribution is -2.51. The van der Waals surface area contributed by atoms with Crippen LogP contribution in [-0.4, -0.2) is 41.9 Å². The van der Waals surface area contributed by atoms with Gasteiger partial charge in [0.1, 0.15) is 0 Å². The van der Waals surface area contributed by atoms with Crippen molar-refractivity contribution in [3.05, 3.63) is 106 Å². The van der Waals surface area contributed by atoms with Crippen LogP contribution in [0.5, 0.6) is 0 Å². The monoisotopic (exact) mass is 476 g/mol. The highest BCUT2D eigenvalue weighted by molar-refractivity contribution is 9.10. The van der Waals surface area contributed by atoms with Crippen molar-refractivity contribution in [2.24, 2.45) is 0 Å². The van der Waals surface area contributed by atoms with Crippen LogP contribution >= 0.6 is 15.9 Å². The van der Waals surface area contributed by atoms with Crippen LogP contribution in [0.25, 0.3) is 0 Å². The van der Waals surface area contributed by atoms with Crippen LogP contribution in [-0.2, 0) is 4.79 Å². The van der Waals surface area contributed by atoms with Gasteiger partial charge < -0.3 is 4.90 Å². The van der Waals surface area contributed by atoms with Crippen molar-refractivity contribution < 1.29 is 4.79 Å². The molecule has 2 atom stereocenters. The lowest BCUT2D eigenvalue weighted by molar-refractivity contribution is -0.134. The Balaban J connectivity index is 1.50. The van der Waals surface area contributed by atoms with Crippen LogP contribution in [0.15, 0.2) is 89.4 Å². The quantitative estimate of drug-likeness (QED) is 0.443. The second-order valence-corrected chi connectivity index (χ2v) is 9.01. The molecule has 0 radical (unpaired) electrons. The fourth-order valence-electron chi connectivity index (χ4n) is 4.55. The highest BCUT2D eigenvalue weighted by Crippen LogP contribution is 2.31. The van der Waals surface area contributed by atoms with E-state index in [4.69, 9.17) is 0 Å². The third kappa shape index (κ3) is 5.08. The van der Waals surface area contributed by atoms with E-state index in [1.165, 1.54) is 11.1 Å². The number of rotatable bonds is 6. The summed E-state index contributed by atoms with van der Waals surface area (Å²) in [5, 5.41) is 0. The number of nitrogens with zero attached hydrogens (tertiary/aromatic N) is 2. The van der Waals surface area contributed by atoms with Gasteiger partial charge >= 0.3 is 0 Å². The maximum atomic E-state index is 13.3. The Morgan fingerprint density at radius 3 is 1.84 bits per heavy atom. The fourth-order valence-corrected chi connectivity index (χ4v) is 4.82. The van der Waals surface area contributed by atoms with Gasteiger partial charge in [0.15, 0.2) is 0 Å². The lowest BCUT2D eigenvalue weighted by Gasteiger charge is -2.40. The standard InChI is InChI=1S/C27H29BrN2O/c1-2-25(21-9-5-3-6-10-21)27(31)30-19-17-29(18-20-30)26(22-11-7-4-8-12-22)23-13-15-24(28)16-14-23/h3-16,25-26H,2,17-20H2,1H3/t25-,26-/m0/s1. The molecular weight excluding hydrogens is 448 g/mol. The zero-order valence-electron chi connectivity index (χ0n) is 18.0. The van der Waals surface area contributed by atoms with E-state index in [0.29, 0.717) is 0 Å². The number of carbonyl (C=O) groups excluding carboxylic acids is 1. The minimum atomic E-state index is -0.0517. The zero-order valence-corrected chi connectivity index (χ0v) is 19.5. The summed E-state index contributed by atoms with van der Waals surface area (Å²) in [5.41, 5.74) is 3.69. The van der Waals surface area contributed by atoms with Crippen LogP contribution in [0.3, 0.4) is 0 Å². The topological polar surface area (TPSA) is 23.6 Å². The van der Waals surface area contributed by atoms with E-state index in [2.05, 4.69) is 99.4 Å². The molecule has 0 unspecified atom stereocenters. The molecule has 4 heteroatoms. The first-order chi connectivity index (χ1) is 15.2. The normalized spacial score (nSPS) is 16.6. The second kappa shape index (κ2) is 10.3. The smallest absolute Gasteiger partial charge is 0.230 e. The Bertz CT molecular complexity index is 967. The molecule has 0 aromatic heterocycles. The Labute approximate surface area is 193 Å². The summed E-state index contributed by atoms with van der Waals surface area (Å²) < 4.78 is 1.09. The lowest BCUT2D eigenvalue weighted by atomic mass is 9.94. The van der Waals surface area contributed by atoms with E-state index in [1.54, 1.807) is 0 Å². The summed E-state index contributed by atoms with van der Waals surface area (Å²) in [5.74, 6) is 0.206. The summed E-state index contributed by atoms with van der Waals surface area (Å²) in [6.07, 6.45) is 0.828. The summed E-state index contributed by atoms with van der Waals surface area (Å²) in [6.45, 7) is 5.37. The highest BCUT2D eigenvalue weighted by atomic mass is 79.9. The molecular formula is C27H29BrN2O. The van der Waals surface area contributed by atoms with Crippen molar-refractivity contribution in [2.75, 3.05) is 26.2 Å². The van der Waals surface area contributed by atoms with Gasteiger partial charge in [-0.05, 0) is 35.2 Å². The molecule has 3 nitrogen and oxygen atoms in total. The van der Waals surface area contributed by atoms with Crippen LogP contribution in [0.1, 0.15) is 42.0 Å². The average molecular weight is 477 g/mol. The van der Waals surface area contributed by atoms with Gasteiger partial charge in [0, 0.05) is 30.7 Å². The molecule has 3 aromatic rings. The summed E-state index contributed by atoms with van der Waals surface area (Å²) in [4.78, 5) is 17.8. The first-order valence-electron chi connectivity index (χ1n) is 11.1. The average Bonchev–Trinajstić information content (AvgIpc) is 2.83. The van der Waals surface area contributed by atoms with Crippen molar-refractivity contribution in [1.29, 1.82) is 0 Å². The molecule has 1 fully saturated rings. The molecule has 1 aliphatic heterocycles. The summed E-state index contributed by atoms with van der Waals surface area (Å²) >= 11 is 3.55. The van der Waals surface area contributed by atoms with Gasteiger partial charge in [0.25, 0.3) is 0 Å². The first-order valence-corrected chi connectivity index (χ1v) is 11.8. The minimum absolute atomic E-state index is 0.0517. The van der Waals surface area contributed by atoms with Crippen LogP contribution < -0.4 is 0 Å². The van der Waals surface area contributed by atoms with Crippen LogP contribution in [0, 0.1) is 0 Å². The van der Waals surface area contributed by atoms with Gasteiger partial charge in [0.05, 0.1) is 12.0 Å². The van der Waals surface area contributed by atoms with E-state index in [-0.39, 0.29) is 17.9 Å². The number of carbonyl (C=O) groups is 1. The Morgan fingerprint density at radius 1 is 0.774 bits per heavy atom. The molecule has 3 aromatic carbocycles. The minimum Gasteiger partial charge on any atom is -0.340 e. The molecule has 31 heavy (non-hydrogen) atoms. The number of halogens is 1. The van der Waals surface area contributed by atoms with E-state index >= 15 is 0 Å². The number of hydrogen-bond acceptors (Lipinski definition) is 2. The molecule has 0 spiro atoms. The third-order valence-corrected chi connectivity index (χ3v) is 6.73. The zero-order chi connectivity index (χ0) is 21.6. The number of amides is 1. The molecule has 0 aliphatic carbocycles. The van der Waals surface area contributed by atoms with Gasteiger partial charge in [0.2, 0.25) is 5.91 Å². The Morgan fingerprint density at radius 2 is 1.29 bits per heavy atom. The SMILES string of the molecule is CC[C@H](C(=O)N1CCN([C@@H](c2ccccc2)c2ccc(Br)cc2)CC1)c1ccccc1. The molecule has 0 saturated carbocycles. The maximum Gasteiger partial charge on any atom is 0.230 e. The molecule has 1 saturated heterocycles. The number of benzene rings is 3. The number of hydrogen-bond donors (Lipinski definition) is 0. The number of piperazine rings is 1. The molecule has 4 rings (SSSR count). The molecule has 0 N–H and O–H groups in total. The fraction of sp³-hybridized carbons (Fsp3) is 0.296. The van der Waals surface area contributed by atoms with Crippen molar-refractivity contribution >= 4 is 21.8 Å². The van der Waals surface area contributed by atoms with Crippen molar-refractivity contribution in [1.82, 2.24) is 9.80 Å². The highest BCUT2D eigenvalue weighted by Gasteiger charge is 2.31. The van der Waals surface area contributed by atoms with Gasteiger partial charge in [-0.1, -0.05) is 95.7 Å². The maximum absolute atomic E-state index is 13.3. The Kier molecular flexibility index (Phi) is 7.21. The molecule has 1 amide bonds. The van der Waals surface area contributed by atoms with Gasteiger partial charge in [-0.2, -0.15) is 0 Å². The van der Waals surface area contributed by atoms with Crippen molar-refractivity contribution in [3.8, 4) is 0 Å². The molecule has 1 heterocycles. The van der Waals surface area contributed by atoms with Crippen LogP contribution in [0.2, 0.25) is 0 Å². The van der Waals surface area contributed by atoms with Crippen molar-refractivity contribution in [3.63, 3.8) is 0 Å². The first kappa shape index (κ1) is 21.8. The third-order valence-electron chi connectivity index (χ3n) is 6.20. The van der Waals surface area contributed by atoms with Gasteiger partial charge in [-0.3, -0.25) is 9.69 Å². The van der Waals surface area contributed by atoms with E-state index in [9.17, 15) is 4.79 Å². The van der Waals surface area contributed by atoms with Gasteiger partial charge in [-0.15, -0.1) is 0 Å². The Hall–Kier alpha value is -2.43. The summed E-state index contributed by atoms with van der Waals surface area (Å²) in [7, 11) is 0. The van der Waals surface area contributed by atoms with Gasteiger partial charge in [-0.25, -0.2) is 0 Å². The van der Waals surface area contributed by atoms with Crippen LogP contribution in [0.4, 0.5) is 0 Å². The molecule has 0 bridgehead atoms. The molecule has 160 valence electrons. The van der Waals surface area contributed by atoms with E-state index in [0.717, 1.165) is 42.6 Å². The van der Waals surface area contributed by atoms with E-state index in [1.807, 2.05) is 18.2 Å². The summed E-state index contributed by atoms with van der Waals surface area (Å²) in [6, 6.07) is 29.7. The largest absolute Gasteiger partial charge is 0.340 e.